The highest BCUT2D eigenvalue weighted by Gasteiger charge is 2.20. The van der Waals surface area contributed by atoms with Crippen LogP contribution in [0.4, 0.5) is 5.95 Å². The first-order chi connectivity index (χ1) is 15.1. The molecule has 1 saturated heterocycles. The summed E-state index contributed by atoms with van der Waals surface area (Å²) < 4.78 is 0. The minimum absolute atomic E-state index is 0.232. The van der Waals surface area contributed by atoms with Gasteiger partial charge in [-0.15, -0.1) is 0 Å². The van der Waals surface area contributed by atoms with Crippen molar-refractivity contribution < 1.29 is 4.79 Å². The number of carbonyl (C=O) groups is 1. The zero-order valence-electron chi connectivity index (χ0n) is 16.8. The van der Waals surface area contributed by atoms with Gasteiger partial charge in [0.05, 0.1) is 16.4 Å². The van der Waals surface area contributed by atoms with Crippen LogP contribution in [0.25, 0.3) is 11.3 Å². The quantitative estimate of drug-likeness (QED) is 0.482. The molecule has 0 unspecified atom stereocenters. The molecule has 2 aromatic rings. The predicted molar refractivity (Wildman–Crippen MR) is 124 cm³/mol. The van der Waals surface area contributed by atoms with Crippen molar-refractivity contribution in [2.45, 2.75) is 19.3 Å². The normalized spacial score (nSPS) is 17.2. The average Bonchev–Trinajstić information content (AvgIpc) is 3.42. The topological polar surface area (TPSA) is 93.9 Å². The van der Waals surface area contributed by atoms with E-state index >= 15 is 0 Å². The number of hydrogen-bond acceptors (Lipinski definition) is 7. The molecule has 0 atom stereocenters. The van der Waals surface area contributed by atoms with Crippen LogP contribution >= 0.6 is 23.4 Å². The van der Waals surface area contributed by atoms with Crippen LogP contribution in [0.15, 0.2) is 47.0 Å². The Morgan fingerprint density at radius 3 is 3.06 bits per heavy atom. The summed E-state index contributed by atoms with van der Waals surface area (Å²) in [4.78, 5) is 22.3. The number of allylic oxidation sites excluding steroid dienone is 1. The van der Waals surface area contributed by atoms with Crippen molar-refractivity contribution in [2.75, 3.05) is 25.0 Å². The molecule has 0 radical (unpaired) electrons. The summed E-state index contributed by atoms with van der Waals surface area (Å²) >= 11 is 7.53. The molecule has 3 heterocycles. The Morgan fingerprint density at radius 2 is 2.29 bits per heavy atom. The average molecular weight is 453 g/mol. The highest BCUT2D eigenvalue weighted by molar-refractivity contribution is 8.06. The van der Waals surface area contributed by atoms with Crippen molar-refractivity contribution in [3.05, 3.63) is 63.2 Å². The fourth-order valence-electron chi connectivity index (χ4n) is 3.43. The number of aromatic nitrogens is 2. The second-order valence-corrected chi connectivity index (χ2v) is 8.45. The van der Waals surface area contributed by atoms with E-state index in [0.29, 0.717) is 35.2 Å². The Morgan fingerprint density at radius 1 is 1.39 bits per heavy atom. The van der Waals surface area contributed by atoms with Gasteiger partial charge in [-0.05, 0) is 36.6 Å². The van der Waals surface area contributed by atoms with Crippen LogP contribution in [0.1, 0.15) is 30.5 Å². The Hall–Kier alpha value is -3.02. The standard InChI is InChI=1S/C22H21ClN6OS/c23-16-5-1-4-15(12-16)19-14-31-21(27-19)17(13-24)18-7-9-26-22(28-18)25-8-3-11-29-10-2-6-20(29)30/h1,4-5,7,9,12,14,27H,2-3,6,8,10-11H2,(H,25,26,28)/b21-17+. The lowest BCUT2D eigenvalue weighted by Crippen LogP contribution is -2.27. The van der Waals surface area contributed by atoms with E-state index in [1.165, 1.54) is 11.8 Å². The first kappa shape index (κ1) is 21.2. The van der Waals surface area contributed by atoms with E-state index in [1.807, 2.05) is 34.6 Å². The van der Waals surface area contributed by atoms with E-state index in [-0.39, 0.29) is 5.91 Å². The van der Waals surface area contributed by atoms with Crippen LogP contribution < -0.4 is 10.6 Å². The number of amides is 1. The number of likely N-dealkylation sites (tertiary alicyclic amines) is 1. The van der Waals surface area contributed by atoms with Gasteiger partial charge in [0.2, 0.25) is 11.9 Å². The Bertz CT molecular complexity index is 1090. The van der Waals surface area contributed by atoms with Crippen LogP contribution in [0.5, 0.6) is 0 Å². The molecule has 7 nitrogen and oxygen atoms in total. The predicted octanol–water partition coefficient (Wildman–Crippen LogP) is 4.08. The highest BCUT2D eigenvalue weighted by Crippen LogP contribution is 2.35. The Balaban J connectivity index is 1.40. The zero-order chi connectivity index (χ0) is 21.6. The van der Waals surface area contributed by atoms with Crippen LogP contribution in [0.3, 0.4) is 0 Å². The molecule has 31 heavy (non-hydrogen) atoms. The lowest BCUT2D eigenvalue weighted by molar-refractivity contribution is -0.127. The van der Waals surface area contributed by atoms with Gasteiger partial charge >= 0.3 is 0 Å². The van der Waals surface area contributed by atoms with E-state index < -0.39 is 0 Å². The summed E-state index contributed by atoms with van der Waals surface area (Å²) in [5.41, 5.74) is 2.84. The lowest BCUT2D eigenvalue weighted by Gasteiger charge is -2.15. The van der Waals surface area contributed by atoms with Crippen molar-refractivity contribution in [1.29, 1.82) is 5.26 Å². The van der Waals surface area contributed by atoms with Gasteiger partial charge in [0.25, 0.3) is 0 Å². The highest BCUT2D eigenvalue weighted by atomic mass is 35.5. The molecule has 2 aliphatic rings. The molecule has 158 valence electrons. The molecule has 2 N–H and O–H groups in total. The Labute approximate surface area is 190 Å². The Kier molecular flexibility index (Phi) is 6.75. The maximum atomic E-state index is 11.7. The largest absolute Gasteiger partial charge is 0.354 e. The van der Waals surface area contributed by atoms with Crippen molar-refractivity contribution in [3.8, 4) is 6.07 Å². The molecule has 9 heteroatoms. The molecule has 0 aliphatic carbocycles. The molecule has 2 aliphatic heterocycles. The minimum atomic E-state index is 0.232. The molecule has 0 spiro atoms. The number of thioether (sulfide) groups is 1. The number of nitrogens with zero attached hydrogens (tertiary/aromatic N) is 4. The van der Waals surface area contributed by atoms with Gasteiger partial charge in [-0.2, -0.15) is 5.26 Å². The summed E-state index contributed by atoms with van der Waals surface area (Å²) in [5.74, 6) is 0.695. The van der Waals surface area contributed by atoms with E-state index in [4.69, 9.17) is 11.6 Å². The van der Waals surface area contributed by atoms with E-state index in [2.05, 4.69) is 26.7 Å². The van der Waals surface area contributed by atoms with Crippen LogP contribution in [-0.2, 0) is 4.79 Å². The van der Waals surface area contributed by atoms with Crippen LogP contribution in [-0.4, -0.2) is 40.4 Å². The van der Waals surface area contributed by atoms with E-state index in [9.17, 15) is 10.1 Å². The summed E-state index contributed by atoms with van der Waals surface area (Å²) in [5, 5.41) is 19.6. The van der Waals surface area contributed by atoms with Crippen LogP contribution in [0, 0.1) is 11.3 Å². The number of carbonyl (C=O) groups excluding carboxylic acids is 1. The molecular weight excluding hydrogens is 432 g/mol. The van der Waals surface area contributed by atoms with Crippen molar-refractivity contribution in [1.82, 2.24) is 20.2 Å². The first-order valence-electron chi connectivity index (χ1n) is 10.0. The second-order valence-electron chi connectivity index (χ2n) is 7.13. The minimum Gasteiger partial charge on any atom is -0.354 e. The lowest BCUT2D eigenvalue weighted by atomic mass is 10.1. The summed E-state index contributed by atoms with van der Waals surface area (Å²) in [7, 11) is 0. The third-order valence-corrected chi connectivity index (χ3v) is 6.12. The summed E-state index contributed by atoms with van der Waals surface area (Å²) in [6.45, 7) is 2.23. The fraction of sp³-hybridized carbons (Fsp3) is 0.273. The second kappa shape index (κ2) is 9.86. The molecule has 1 aromatic heterocycles. The summed E-state index contributed by atoms with van der Waals surface area (Å²) in [6.07, 6.45) is 4.06. The van der Waals surface area contributed by atoms with E-state index in [1.54, 1.807) is 12.3 Å². The number of nitrogens with one attached hydrogen (secondary N) is 2. The molecule has 1 aromatic carbocycles. The molecule has 0 saturated carbocycles. The molecule has 0 bridgehead atoms. The van der Waals surface area contributed by atoms with Gasteiger partial charge in [-0.25, -0.2) is 9.97 Å². The number of anilines is 1. The van der Waals surface area contributed by atoms with Crippen molar-refractivity contribution in [2.24, 2.45) is 0 Å². The van der Waals surface area contributed by atoms with Gasteiger partial charge in [0.1, 0.15) is 11.6 Å². The zero-order valence-corrected chi connectivity index (χ0v) is 18.3. The number of rotatable bonds is 7. The monoisotopic (exact) mass is 452 g/mol. The fourth-order valence-corrected chi connectivity index (χ4v) is 4.49. The molecular formula is C22H21ClN6OS. The number of nitriles is 1. The number of benzene rings is 1. The van der Waals surface area contributed by atoms with Gasteiger partial charge in [0.15, 0.2) is 0 Å². The van der Waals surface area contributed by atoms with Crippen molar-refractivity contribution >= 4 is 46.5 Å². The smallest absolute Gasteiger partial charge is 0.223 e. The first-order valence-corrected chi connectivity index (χ1v) is 11.3. The molecule has 1 fully saturated rings. The van der Waals surface area contributed by atoms with Gasteiger partial charge in [-0.3, -0.25) is 4.79 Å². The number of hydrogen-bond donors (Lipinski definition) is 2. The van der Waals surface area contributed by atoms with Gasteiger partial charge in [0, 0.05) is 42.7 Å². The molecule has 4 rings (SSSR count). The van der Waals surface area contributed by atoms with Crippen molar-refractivity contribution in [3.63, 3.8) is 0 Å². The van der Waals surface area contributed by atoms with Gasteiger partial charge < -0.3 is 15.5 Å². The van der Waals surface area contributed by atoms with E-state index in [0.717, 1.165) is 42.2 Å². The van der Waals surface area contributed by atoms with Gasteiger partial charge in [-0.1, -0.05) is 35.5 Å². The third-order valence-electron chi connectivity index (χ3n) is 4.99. The molecule has 1 amide bonds. The maximum Gasteiger partial charge on any atom is 0.223 e. The number of halogens is 1. The maximum absolute atomic E-state index is 11.7. The third kappa shape index (κ3) is 5.19. The summed E-state index contributed by atoms with van der Waals surface area (Å²) in [6, 6.07) is 11.5. The van der Waals surface area contributed by atoms with Crippen LogP contribution in [0.2, 0.25) is 5.02 Å². The SMILES string of the molecule is N#C/C(=C1/NC(c2cccc(Cl)c2)=CS1)c1ccnc(NCCCN2CCCC2=O)n1.